The van der Waals surface area contributed by atoms with Crippen molar-refractivity contribution in [3.8, 4) is 11.5 Å². The molecule has 7 nitrogen and oxygen atoms in total. The average molecular weight is 474 g/mol. The van der Waals surface area contributed by atoms with Crippen molar-refractivity contribution >= 4 is 17.5 Å². The number of carbonyl (C=O) groups is 2. The summed E-state index contributed by atoms with van der Waals surface area (Å²) in [6, 6.07) is 16.8. The van der Waals surface area contributed by atoms with Crippen LogP contribution in [0.1, 0.15) is 43.0 Å². The molecule has 0 atom stereocenters. The molecule has 0 aromatic heterocycles. The summed E-state index contributed by atoms with van der Waals surface area (Å²) in [6.07, 6.45) is 1.88. The summed E-state index contributed by atoms with van der Waals surface area (Å²) < 4.78 is 10.9. The zero-order chi connectivity index (χ0) is 24.9. The van der Waals surface area contributed by atoms with Crippen LogP contribution in [0.4, 0.5) is 5.69 Å². The molecule has 7 heteroatoms. The molecule has 0 radical (unpaired) electrons. The molecule has 1 aliphatic heterocycles. The second kappa shape index (κ2) is 10.6. The van der Waals surface area contributed by atoms with Crippen LogP contribution in [0.15, 0.2) is 54.6 Å². The number of nitrogens with zero attached hydrogens (tertiary/aromatic N) is 1. The lowest BCUT2D eigenvalue weighted by Gasteiger charge is -2.29. The summed E-state index contributed by atoms with van der Waals surface area (Å²) >= 11 is 0. The number of hydrogen-bond donors (Lipinski definition) is 2. The molecule has 0 saturated heterocycles. The Morgan fingerprint density at radius 1 is 0.971 bits per heavy atom. The van der Waals surface area contributed by atoms with Gasteiger partial charge in [0, 0.05) is 25.3 Å². The first kappa shape index (κ1) is 24.3. The quantitative estimate of drug-likeness (QED) is 0.516. The fourth-order valence-electron chi connectivity index (χ4n) is 4.53. The highest BCUT2D eigenvalue weighted by Crippen LogP contribution is 2.33. The van der Waals surface area contributed by atoms with Crippen LogP contribution in [-0.2, 0) is 19.4 Å². The molecular weight excluding hydrogens is 442 g/mol. The van der Waals surface area contributed by atoms with Gasteiger partial charge in [-0.2, -0.15) is 0 Å². The van der Waals surface area contributed by atoms with E-state index in [4.69, 9.17) is 15.2 Å². The molecule has 0 saturated carbocycles. The van der Waals surface area contributed by atoms with Crippen LogP contribution in [0, 0.1) is 6.92 Å². The van der Waals surface area contributed by atoms with E-state index in [2.05, 4.69) is 28.4 Å². The number of ether oxygens (including phenoxy) is 2. The lowest BCUT2D eigenvalue weighted by atomic mass is 9.98. The number of carbonyl (C=O) groups excluding carboxylic acids is 2. The van der Waals surface area contributed by atoms with Gasteiger partial charge in [-0.3, -0.25) is 14.5 Å². The number of hydrogen-bond acceptors (Lipinski definition) is 5. The van der Waals surface area contributed by atoms with Crippen molar-refractivity contribution < 1.29 is 19.1 Å². The van der Waals surface area contributed by atoms with E-state index in [9.17, 15) is 9.59 Å². The fourth-order valence-corrected chi connectivity index (χ4v) is 4.53. The third-order valence-corrected chi connectivity index (χ3v) is 6.49. The standard InChI is InChI=1S/C28H31N3O4/c1-18-14-19(8-9-24(18)30-28(33)23-7-5-4-6-22(23)27(29)32)10-12-31-13-11-20-15-25(34-2)26(35-3)16-21(20)17-31/h4-9,14-16H,10-13,17H2,1-3H3,(H2,29,32)(H,30,33). The van der Waals surface area contributed by atoms with Gasteiger partial charge in [0.15, 0.2) is 11.5 Å². The van der Waals surface area contributed by atoms with Gasteiger partial charge >= 0.3 is 0 Å². The third-order valence-electron chi connectivity index (χ3n) is 6.49. The molecule has 0 bridgehead atoms. The summed E-state index contributed by atoms with van der Waals surface area (Å²) in [5.41, 5.74) is 11.4. The van der Waals surface area contributed by atoms with E-state index in [1.165, 1.54) is 16.7 Å². The highest BCUT2D eigenvalue weighted by Gasteiger charge is 2.20. The minimum Gasteiger partial charge on any atom is -0.493 e. The fraction of sp³-hybridized carbons (Fsp3) is 0.286. The molecule has 0 fully saturated rings. The molecular formula is C28H31N3O4. The second-order valence-electron chi connectivity index (χ2n) is 8.77. The van der Waals surface area contributed by atoms with E-state index in [0.717, 1.165) is 49.5 Å². The largest absolute Gasteiger partial charge is 0.493 e. The Hall–Kier alpha value is -3.84. The highest BCUT2D eigenvalue weighted by molar-refractivity contribution is 6.12. The lowest BCUT2D eigenvalue weighted by Crippen LogP contribution is -2.32. The van der Waals surface area contributed by atoms with Gasteiger partial charge in [-0.05, 0) is 72.4 Å². The maximum absolute atomic E-state index is 12.8. The second-order valence-corrected chi connectivity index (χ2v) is 8.77. The molecule has 0 aliphatic carbocycles. The first-order valence-corrected chi connectivity index (χ1v) is 11.7. The topological polar surface area (TPSA) is 93.9 Å². The van der Waals surface area contributed by atoms with Gasteiger partial charge in [0.2, 0.25) is 5.91 Å². The van der Waals surface area contributed by atoms with Crippen molar-refractivity contribution in [2.75, 3.05) is 32.6 Å². The Balaban J connectivity index is 1.39. The number of nitrogens with two attached hydrogens (primary N) is 1. The third kappa shape index (κ3) is 5.46. The van der Waals surface area contributed by atoms with Crippen LogP contribution in [0.3, 0.4) is 0 Å². The number of benzene rings is 3. The normalized spacial score (nSPS) is 13.1. The first-order chi connectivity index (χ1) is 16.9. The van der Waals surface area contributed by atoms with Gasteiger partial charge in [-0.1, -0.05) is 24.3 Å². The van der Waals surface area contributed by atoms with Crippen LogP contribution in [0.5, 0.6) is 11.5 Å². The Kier molecular flexibility index (Phi) is 7.36. The van der Waals surface area contributed by atoms with E-state index in [0.29, 0.717) is 5.69 Å². The molecule has 1 aliphatic rings. The maximum atomic E-state index is 12.8. The van der Waals surface area contributed by atoms with Crippen molar-refractivity contribution in [3.05, 3.63) is 88.0 Å². The number of anilines is 1. The van der Waals surface area contributed by atoms with E-state index in [-0.39, 0.29) is 17.0 Å². The van der Waals surface area contributed by atoms with E-state index in [1.54, 1.807) is 38.5 Å². The molecule has 0 unspecified atom stereocenters. The zero-order valence-electron chi connectivity index (χ0n) is 20.4. The maximum Gasteiger partial charge on any atom is 0.256 e. The van der Waals surface area contributed by atoms with Gasteiger partial charge in [-0.25, -0.2) is 0 Å². The van der Waals surface area contributed by atoms with Gasteiger partial charge in [0.25, 0.3) is 5.91 Å². The lowest BCUT2D eigenvalue weighted by molar-refractivity contribution is 0.0977. The highest BCUT2D eigenvalue weighted by atomic mass is 16.5. The van der Waals surface area contributed by atoms with E-state index in [1.807, 2.05) is 19.1 Å². The molecule has 3 N–H and O–H groups in total. The Bertz CT molecular complexity index is 1250. The smallest absolute Gasteiger partial charge is 0.256 e. The number of methoxy groups -OCH3 is 2. The summed E-state index contributed by atoms with van der Waals surface area (Å²) in [5.74, 6) is 0.565. The minimum absolute atomic E-state index is 0.207. The van der Waals surface area contributed by atoms with Crippen molar-refractivity contribution in [2.24, 2.45) is 5.73 Å². The van der Waals surface area contributed by atoms with Crippen molar-refractivity contribution in [2.45, 2.75) is 26.3 Å². The molecule has 0 spiro atoms. The number of aryl methyl sites for hydroxylation is 1. The minimum atomic E-state index is -0.624. The van der Waals surface area contributed by atoms with Gasteiger partial charge in [0.1, 0.15) is 0 Å². The number of rotatable bonds is 8. The van der Waals surface area contributed by atoms with E-state index >= 15 is 0 Å². The molecule has 182 valence electrons. The summed E-state index contributed by atoms with van der Waals surface area (Å²) in [6.45, 7) is 4.78. The zero-order valence-corrected chi connectivity index (χ0v) is 20.4. The van der Waals surface area contributed by atoms with Crippen LogP contribution in [0.2, 0.25) is 0 Å². The number of nitrogens with one attached hydrogen (secondary N) is 1. The molecule has 4 rings (SSSR count). The monoisotopic (exact) mass is 473 g/mol. The summed E-state index contributed by atoms with van der Waals surface area (Å²) in [5, 5.41) is 2.91. The SMILES string of the molecule is COc1cc2c(cc1OC)CN(CCc1ccc(NC(=O)c3ccccc3C(N)=O)c(C)c1)CC2. The first-order valence-electron chi connectivity index (χ1n) is 11.7. The van der Waals surface area contributed by atoms with Crippen LogP contribution < -0.4 is 20.5 Å². The molecule has 1 heterocycles. The average Bonchev–Trinajstić information content (AvgIpc) is 2.87. The van der Waals surface area contributed by atoms with Crippen molar-refractivity contribution in [1.29, 1.82) is 0 Å². The van der Waals surface area contributed by atoms with Crippen molar-refractivity contribution in [1.82, 2.24) is 4.90 Å². The van der Waals surface area contributed by atoms with Gasteiger partial charge in [-0.15, -0.1) is 0 Å². The number of primary amides is 1. The Morgan fingerprint density at radius 2 is 1.66 bits per heavy atom. The predicted octanol–water partition coefficient (Wildman–Crippen LogP) is 3.96. The van der Waals surface area contributed by atoms with Gasteiger partial charge in [0.05, 0.1) is 25.3 Å². The van der Waals surface area contributed by atoms with Crippen molar-refractivity contribution in [3.63, 3.8) is 0 Å². The van der Waals surface area contributed by atoms with Crippen LogP contribution >= 0.6 is 0 Å². The van der Waals surface area contributed by atoms with Gasteiger partial charge < -0.3 is 20.5 Å². The number of amides is 2. The van der Waals surface area contributed by atoms with Crippen LogP contribution in [0.25, 0.3) is 0 Å². The summed E-state index contributed by atoms with van der Waals surface area (Å²) in [4.78, 5) is 26.8. The molecule has 3 aromatic rings. The number of fused-ring (bicyclic) bond motifs is 1. The van der Waals surface area contributed by atoms with E-state index < -0.39 is 5.91 Å². The molecule has 2 amide bonds. The summed E-state index contributed by atoms with van der Waals surface area (Å²) in [7, 11) is 3.33. The molecule has 3 aromatic carbocycles. The Morgan fingerprint density at radius 3 is 2.31 bits per heavy atom. The Labute approximate surface area is 205 Å². The molecule has 35 heavy (non-hydrogen) atoms. The predicted molar refractivity (Wildman–Crippen MR) is 136 cm³/mol. The van der Waals surface area contributed by atoms with Crippen LogP contribution in [-0.4, -0.2) is 44.0 Å².